The second-order valence-electron chi connectivity index (χ2n) is 9.59. The molecule has 0 spiro atoms. The van der Waals surface area contributed by atoms with Gasteiger partial charge in [0.1, 0.15) is 24.7 Å². The Bertz CT molecular complexity index is 1030. The molecule has 1 aromatic carbocycles. The summed E-state index contributed by atoms with van der Waals surface area (Å²) in [6, 6.07) is 8.24. The Labute approximate surface area is 203 Å². The van der Waals surface area contributed by atoms with E-state index in [0.29, 0.717) is 36.4 Å². The van der Waals surface area contributed by atoms with Crippen LogP contribution in [0.3, 0.4) is 0 Å². The van der Waals surface area contributed by atoms with E-state index in [1.165, 1.54) is 18.5 Å². The summed E-state index contributed by atoms with van der Waals surface area (Å²) in [6.07, 6.45) is 3.87. The van der Waals surface area contributed by atoms with Gasteiger partial charge in [-0.3, -0.25) is 0 Å². The fraction of sp³-hybridized carbons (Fsp3) is 0.500. The standard InChI is InChI=1S/C26H37FN4O2Si/c1-18(2)34(19(3)4,20(5)6)33-15-13-24-30-25(21-8-10-22(27)11-9-21)26(31(24)17-32-7)23-12-14-28-16-29-23/h8-12,14,16,18-20H,13,15,17H2,1-7H3. The Morgan fingerprint density at radius 2 is 1.62 bits per heavy atom. The molecule has 0 aliphatic carbocycles. The fourth-order valence-electron chi connectivity index (χ4n) is 5.28. The van der Waals surface area contributed by atoms with E-state index in [2.05, 4.69) is 51.5 Å². The van der Waals surface area contributed by atoms with Crippen molar-refractivity contribution in [2.75, 3.05) is 13.7 Å². The van der Waals surface area contributed by atoms with Gasteiger partial charge in [0.05, 0.1) is 17.1 Å². The number of imidazole rings is 1. The lowest BCUT2D eigenvalue weighted by atomic mass is 10.1. The minimum absolute atomic E-state index is 0.283. The molecule has 34 heavy (non-hydrogen) atoms. The highest BCUT2D eigenvalue weighted by atomic mass is 28.4. The molecule has 0 atom stereocenters. The number of hydrogen-bond acceptors (Lipinski definition) is 5. The first kappa shape index (κ1) is 26.2. The molecule has 0 aliphatic rings. The lowest BCUT2D eigenvalue weighted by Gasteiger charge is -2.42. The Morgan fingerprint density at radius 1 is 0.971 bits per heavy atom. The normalized spacial score (nSPS) is 12.3. The van der Waals surface area contributed by atoms with E-state index in [0.717, 1.165) is 28.5 Å². The summed E-state index contributed by atoms with van der Waals surface area (Å²) >= 11 is 0. The van der Waals surface area contributed by atoms with E-state index in [-0.39, 0.29) is 5.82 Å². The molecule has 0 bridgehead atoms. The van der Waals surface area contributed by atoms with E-state index < -0.39 is 8.32 Å². The molecule has 6 nitrogen and oxygen atoms in total. The topological polar surface area (TPSA) is 62.1 Å². The summed E-state index contributed by atoms with van der Waals surface area (Å²) in [5, 5.41) is 0. The lowest BCUT2D eigenvalue weighted by molar-refractivity contribution is 0.129. The zero-order chi connectivity index (χ0) is 24.9. The van der Waals surface area contributed by atoms with E-state index >= 15 is 0 Å². The smallest absolute Gasteiger partial charge is 0.200 e. The number of nitrogens with zero attached hydrogens (tertiary/aromatic N) is 4. The first-order chi connectivity index (χ1) is 16.2. The number of methoxy groups -OCH3 is 1. The zero-order valence-corrected chi connectivity index (χ0v) is 22.4. The van der Waals surface area contributed by atoms with Crippen LogP contribution in [0.5, 0.6) is 0 Å². The molecular formula is C26H37FN4O2Si. The summed E-state index contributed by atoms with van der Waals surface area (Å²) in [5.74, 6) is 0.573. The fourth-order valence-corrected chi connectivity index (χ4v) is 10.7. The van der Waals surface area contributed by atoms with Gasteiger partial charge in [-0.15, -0.1) is 0 Å². The van der Waals surface area contributed by atoms with Gasteiger partial charge < -0.3 is 13.7 Å². The van der Waals surface area contributed by atoms with Crippen LogP contribution in [-0.4, -0.2) is 41.6 Å². The van der Waals surface area contributed by atoms with Crippen molar-refractivity contribution in [3.8, 4) is 22.6 Å². The quantitative estimate of drug-likeness (QED) is 0.291. The van der Waals surface area contributed by atoms with Gasteiger partial charge in [-0.25, -0.2) is 19.3 Å². The second kappa shape index (κ2) is 11.3. The number of halogens is 1. The van der Waals surface area contributed by atoms with Crippen molar-refractivity contribution in [3.05, 3.63) is 54.5 Å². The van der Waals surface area contributed by atoms with E-state index in [1.54, 1.807) is 25.4 Å². The minimum Gasteiger partial charge on any atom is -0.416 e. The van der Waals surface area contributed by atoms with Crippen molar-refractivity contribution >= 4 is 8.32 Å². The maximum absolute atomic E-state index is 13.6. The maximum Gasteiger partial charge on any atom is 0.200 e. The number of benzene rings is 1. The summed E-state index contributed by atoms with van der Waals surface area (Å²) in [6.45, 7) is 14.7. The molecule has 184 valence electrons. The predicted molar refractivity (Wildman–Crippen MR) is 136 cm³/mol. The van der Waals surface area contributed by atoms with E-state index in [9.17, 15) is 4.39 Å². The van der Waals surface area contributed by atoms with Gasteiger partial charge in [-0.05, 0) is 47.0 Å². The second-order valence-corrected chi connectivity index (χ2v) is 15.0. The molecule has 0 N–H and O–H groups in total. The molecule has 2 heterocycles. The van der Waals surface area contributed by atoms with Gasteiger partial charge in [0, 0.05) is 31.9 Å². The number of rotatable bonds is 11. The van der Waals surface area contributed by atoms with Crippen molar-refractivity contribution in [1.29, 1.82) is 0 Å². The highest BCUT2D eigenvalue weighted by molar-refractivity contribution is 6.77. The molecule has 0 saturated carbocycles. The van der Waals surface area contributed by atoms with Crippen molar-refractivity contribution < 1.29 is 13.6 Å². The Kier molecular flexibility index (Phi) is 8.73. The molecule has 0 saturated heterocycles. The largest absolute Gasteiger partial charge is 0.416 e. The molecule has 0 unspecified atom stereocenters. The molecule has 8 heteroatoms. The molecule has 3 rings (SSSR count). The van der Waals surface area contributed by atoms with Crippen molar-refractivity contribution in [1.82, 2.24) is 19.5 Å². The maximum atomic E-state index is 13.6. The molecule has 0 amide bonds. The first-order valence-corrected chi connectivity index (χ1v) is 14.1. The van der Waals surface area contributed by atoms with E-state index in [4.69, 9.17) is 14.1 Å². The highest BCUT2D eigenvalue weighted by Crippen LogP contribution is 2.42. The van der Waals surface area contributed by atoms with Crippen LogP contribution in [0.4, 0.5) is 4.39 Å². The SMILES string of the molecule is COCn1c(CCO[Si](C(C)C)(C(C)C)C(C)C)nc(-c2ccc(F)cc2)c1-c1ccncn1. The molecular weight excluding hydrogens is 447 g/mol. The third kappa shape index (κ3) is 5.29. The van der Waals surface area contributed by atoms with E-state index in [1.807, 2.05) is 10.6 Å². The summed E-state index contributed by atoms with van der Waals surface area (Å²) in [5.41, 5.74) is 4.66. The Balaban J connectivity index is 2.03. The molecule has 3 aromatic rings. The van der Waals surface area contributed by atoms with Crippen LogP contribution in [0.25, 0.3) is 22.6 Å². The average Bonchev–Trinajstić information content (AvgIpc) is 3.15. The van der Waals surface area contributed by atoms with Gasteiger partial charge >= 0.3 is 0 Å². The zero-order valence-electron chi connectivity index (χ0n) is 21.4. The monoisotopic (exact) mass is 484 g/mol. The van der Waals surface area contributed by atoms with Gasteiger partial charge in [0.2, 0.25) is 0 Å². The number of ether oxygens (including phenoxy) is 1. The third-order valence-corrected chi connectivity index (χ3v) is 12.8. The van der Waals surface area contributed by atoms with Crippen LogP contribution < -0.4 is 0 Å². The van der Waals surface area contributed by atoms with Crippen LogP contribution in [0.15, 0.2) is 42.9 Å². The number of hydrogen-bond donors (Lipinski definition) is 0. The molecule has 2 aromatic heterocycles. The van der Waals surface area contributed by atoms with Gasteiger partial charge in [0.15, 0.2) is 8.32 Å². The van der Waals surface area contributed by atoms with Crippen LogP contribution >= 0.6 is 0 Å². The Morgan fingerprint density at radius 3 is 2.15 bits per heavy atom. The lowest BCUT2D eigenvalue weighted by Crippen LogP contribution is -2.48. The van der Waals surface area contributed by atoms with Crippen LogP contribution in [-0.2, 0) is 22.3 Å². The van der Waals surface area contributed by atoms with Crippen LogP contribution in [0, 0.1) is 5.82 Å². The third-order valence-electron chi connectivity index (χ3n) is 6.63. The Hall–Kier alpha value is -2.42. The summed E-state index contributed by atoms with van der Waals surface area (Å²) < 4.78 is 28.0. The van der Waals surface area contributed by atoms with Crippen molar-refractivity contribution in [2.24, 2.45) is 0 Å². The molecule has 0 aliphatic heterocycles. The van der Waals surface area contributed by atoms with Crippen molar-refractivity contribution in [2.45, 2.75) is 71.3 Å². The van der Waals surface area contributed by atoms with Gasteiger partial charge in [-0.2, -0.15) is 0 Å². The predicted octanol–water partition coefficient (Wildman–Crippen LogP) is 6.48. The average molecular weight is 485 g/mol. The summed E-state index contributed by atoms with van der Waals surface area (Å²) in [4.78, 5) is 13.5. The number of aromatic nitrogens is 4. The molecule has 0 radical (unpaired) electrons. The van der Waals surface area contributed by atoms with Gasteiger partial charge in [-0.1, -0.05) is 41.5 Å². The van der Waals surface area contributed by atoms with Crippen LogP contribution in [0.2, 0.25) is 16.6 Å². The molecule has 0 fully saturated rings. The summed E-state index contributed by atoms with van der Waals surface area (Å²) in [7, 11) is -0.326. The van der Waals surface area contributed by atoms with Crippen LogP contribution in [0.1, 0.15) is 47.4 Å². The van der Waals surface area contributed by atoms with Gasteiger partial charge in [0.25, 0.3) is 0 Å². The minimum atomic E-state index is -1.99. The first-order valence-electron chi connectivity index (χ1n) is 12.0. The van der Waals surface area contributed by atoms with Crippen molar-refractivity contribution in [3.63, 3.8) is 0 Å². The highest BCUT2D eigenvalue weighted by Gasteiger charge is 2.44.